The van der Waals surface area contributed by atoms with Gasteiger partial charge in [-0.15, -0.1) is 0 Å². The summed E-state index contributed by atoms with van der Waals surface area (Å²) in [6.45, 7) is 31.6. The molecular formula is C30H54N6. The number of benzene rings is 1. The Morgan fingerprint density at radius 2 is 0.639 bits per heavy atom. The van der Waals surface area contributed by atoms with Crippen LogP contribution in [0, 0.1) is 0 Å². The molecule has 4 rings (SSSR count). The van der Waals surface area contributed by atoms with Crippen molar-refractivity contribution in [2.24, 2.45) is 0 Å². The van der Waals surface area contributed by atoms with Gasteiger partial charge in [-0.1, -0.05) is 18.2 Å². The summed E-state index contributed by atoms with van der Waals surface area (Å²) in [6.07, 6.45) is 0. The van der Waals surface area contributed by atoms with Crippen LogP contribution in [0.4, 0.5) is 0 Å². The van der Waals surface area contributed by atoms with Crippen LogP contribution in [0.5, 0.6) is 0 Å². The molecule has 3 aliphatic heterocycles. The molecule has 0 amide bonds. The number of hydrogen-bond acceptors (Lipinski definition) is 6. The monoisotopic (exact) mass is 498 g/mol. The van der Waals surface area contributed by atoms with E-state index in [1.54, 1.807) is 0 Å². The van der Waals surface area contributed by atoms with Crippen molar-refractivity contribution in [2.45, 2.75) is 79.3 Å². The van der Waals surface area contributed by atoms with E-state index in [4.69, 9.17) is 0 Å². The molecule has 6 heteroatoms. The molecule has 0 aromatic heterocycles. The summed E-state index contributed by atoms with van der Waals surface area (Å²) >= 11 is 0. The summed E-state index contributed by atoms with van der Waals surface area (Å²) in [7, 11) is 0. The summed E-state index contributed by atoms with van der Waals surface area (Å²) in [5.74, 6) is 0. The maximum absolute atomic E-state index is 2.67. The number of hydrogen-bond donors (Lipinski definition) is 0. The van der Waals surface area contributed by atoms with E-state index in [0.29, 0.717) is 18.1 Å². The van der Waals surface area contributed by atoms with Crippen molar-refractivity contribution in [1.82, 2.24) is 29.4 Å². The summed E-state index contributed by atoms with van der Waals surface area (Å²) in [5, 5.41) is 0. The van der Waals surface area contributed by atoms with Gasteiger partial charge in [0.25, 0.3) is 0 Å². The van der Waals surface area contributed by atoms with Crippen LogP contribution in [-0.2, 0) is 19.6 Å². The Labute approximate surface area is 222 Å². The number of piperazine rings is 3. The topological polar surface area (TPSA) is 19.4 Å². The zero-order chi connectivity index (χ0) is 25.7. The van der Waals surface area contributed by atoms with E-state index in [1.807, 2.05) is 0 Å². The van der Waals surface area contributed by atoms with Gasteiger partial charge < -0.3 is 0 Å². The van der Waals surface area contributed by atoms with Gasteiger partial charge in [-0.3, -0.25) is 29.4 Å². The maximum atomic E-state index is 2.67. The summed E-state index contributed by atoms with van der Waals surface area (Å²) in [4.78, 5) is 15.9. The molecular weight excluding hydrogens is 444 g/mol. The average molecular weight is 499 g/mol. The van der Waals surface area contributed by atoms with Crippen LogP contribution in [0.2, 0.25) is 0 Å². The van der Waals surface area contributed by atoms with E-state index in [-0.39, 0.29) is 0 Å². The van der Waals surface area contributed by atoms with E-state index in [1.165, 1.54) is 95.2 Å². The lowest BCUT2D eigenvalue weighted by Gasteiger charge is -2.38. The lowest BCUT2D eigenvalue weighted by Crippen LogP contribution is -2.48. The van der Waals surface area contributed by atoms with Crippen LogP contribution >= 0.6 is 0 Å². The van der Waals surface area contributed by atoms with Crippen molar-refractivity contribution >= 4 is 0 Å². The Hall–Kier alpha value is -1.02. The third kappa shape index (κ3) is 7.99. The minimum Gasteiger partial charge on any atom is -0.298 e. The average Bonchev–Trinajstić information content (AvgIpc) is 2.85. The van der Waals surface area contributed by atoms with E-state index < -0.39 is 0 Å². The van der Waals surface area contributed by atoms with Crippen molar-refractivity contribution in [3.63, 3.8) is 0 Å². The van der Waals surface area contributed by atoms with Crippen LogP contribution < -0.4 is 0 Å². The second-order valence-electron chi connectivity index (χ2n) is 12.4. The van der Waals surface area contributed by atoms with Crippen LogP contribution in [0.1, 0.15) is 58.2 Å². The fourth-order valence-corrected chi connectivity index (χ4v) is 6.20. The molecule has 3 fully saturated rings. The van der Waals surface area contributed by atoms with Gasteiger partial charge >= 0.3 is 0 Å². The molecule has 0 atom stereocenters. The van der Waals surface area contributed by atoms with Crippen molar-refractivity contribution in [1.29, 1.82) is 0 Å². The maximum Gasteiger partial charge on any atom is 0.0235 e. The molecule has 3 saturated heterocycles. The first-order valence-corrected chi connectivity index (χ1v) is 14.8. The smallest absolute Gasteiger partial charge is 0.0235 e. The quantitative estimate of drug-likeness (QED) is 0.517. The highest BCUT2D eigenvalue weighted by Gasteiger charge is 2.22. The van der Waals surface area contributed by atoms with Gasteiger partial charge in [0.15, 0.2) is 0 Å². The van der Waals surface area contributed by atoms with E-state index in [0.717, 1.165) is 19.6 Å². The standard InChI is InChI=1S/C30H54N6/c1-25(2)34-13-7-31(8-14-34)22-28-19-29(23-32-9-15-35(16-10-32)26(3)4)21-30(20-28)24-33-11-17-36(18-12-33)27(5)6/h19-21,25-27H,7-18,22-24H2,1-6H3. The third-order valence-electron chi connectivity index (χ3n) is 8.74. The lowest BCUT2D eigenvalue weighted by molar-refractivity contribution is 0.101. The first kappa shape index (κ1) is 28.0. The van der Waals surface area contributed by atoms with E-state index in [2.05, 4.69) is 89.1 Å². The molecule has 0 unspecified atom stereocenters. The molecule has 0 N–H and O–H groups in total. The molecule has 1 aromatic carbocycles. The molecule has 0 aliphatic carbocycles. The highest BCUT2D eigenvalue weighted by atomic mass is 15.3. The van der Waals surface area contributed by atoms with Crippen molar-refractivity contribution in [3.05, 3.63) is 34.9 Å². The predicted molar refractivity (Wildman–Crippen MR) is 152 cm³/mol. The van der Waals surface area contributed by atoms with Gasteiger partial charge in [0.2, 0.25) is 0 Å². The largest absolute Gasteiger partial charge is 0.298 e. The lowest BCUT2D eigenvalue weighted by atomic mass is 10.0. The molecule has 36 heavy (non-hydrogen) atoms. The number of nitrogens with zero attached hydrogens (tertiary/aromatic N) is 6. The van der Waals surface area contributed by atoms with Crippen LogP contribution in [0.15, 0.2) is 18.2 Å². The Kier molecular flexibility index (Phi) is 10.2. The predicted octanol–water partition coefficient (Wildman–Crippen LogP) is 3.26. The van der Waals surface area contributed by atoms with Crippen molar-refractivity contribution in [2.75, 3.05) is 78.5 Å². The van der Waals surface area contributed by atoms with Gasteiger partial charge in [-0.2, -0.15) is 0 Å². The zero-order valence-corrected chi connectivity index (χ0v) is 24.3. The van der Waals surface area contributed by atoms with E-state index >= 15 is 0 Å². The molecule has 0 radical (unpaired) electrons. The SMILES string of the molecule is CC(C)N1CCN(Cc2cc(CN3CCN(C(C)C)CC3)cc(CN3CCN(C(C)C)CC3)c2)CC1. The first-order valence-electron chi connectivity index (χ1n) is 14.8. The van der Waals surface area contributed by atoms with Crippen LogP contribution in [0.3, 0.4) is 0 Å². The van der Waals surface area contributed by atoms with Gasteiger partial charge in [-0.25, -0.2) is 0 Å². The second-order valence-corrected chi connectivity index (χ2v) is 12.4. The Morgan fingerprint density at radius 3 is 0.833 bits per heavy atom. The Balaban J connectivity index is 1.41. The minimum atomic E-state index is 0.661. The molecule has 0 bridgehead atoms. The Bertz CT molecular complexity index is 668. The number of rotatable bonds is 9. The van der Waals surface area contributed by atoms with Gasteiger partial charge in [0, 0.05) is 116 Å². The van der Waals surface area contributed by atoms with Crippen molar-refractivity contribution < 1.29 is 0 Å². The Morgan fingerprint density at radius 1 is 0.417 bits per heavy atom. The zero-order valence-electron chi connectivity index (χ0n) is 24.3. The van der Waals surface area contributed by atoms with Crippen LogP contribution in [-0.4, -0.2) is 126 Å². The van der Waals surface area contributed by atoms with Gasteiger partial charge in [-0.05, 0) is 58.2 Å². The van der Waals surface area contributed by atoms with E-state index in [9.17, 15) is 0 Å². The molecule has 3 aliphatic rings. The normalized spacial score (nSPS) is 22.9. The summed E-state index contributed by atoms with van der Waals surface area (Å²) < 4.78 is 0. The van der Waals surface area contributed by atoms with Gasteiger partial charge in [0.05, 0.1) is 0 Å². The van der Waals surface area contributed by atoms with Crippen molar-refractivity contribution in [3.8, 4) is 0 Å². The first-order chi connectivity index (χ1) is 17.3. The molecule has 1 aromatic rings. The fourth-order valence-electron chi connectivity index (χ4n) is 6.20. The molecule has 6 nitrogen and oxygen atoms in total. The molecule has 3 heterocycles. The summed E-state index contributed by atoms with van der Waals surface area (Å²) in [6, 6.07) is 9.54. The van der Waals surface area contributed by atoms with Crippen LogP contribution in [0.25, 0.3) is 0 Å². The summed E-state index contributed by atoms with van der Waals surface area (Å²) in [5.41, 5.74) is 4.55. The fraction of sp³-hybridized carbons (Fsp3) is 0.800. The highest BCUT2D eigenvalue weighted by Crippen LogP contribution is 2.20. The molecule has 204 valence electrons. The second kappa shape index (κ2) is 13.2. The molecule has 0 saturated carbocycles. The minimum absolute atomic E-state index is 0.661. The molecule has 0 spiro atoms. The van der Waals surface area contributed by atoms with Gasteiger partial charge in [0.1, 0.15) is 0 Å². The third-order valence-corrected chi connectivity index (χ3v) is 8.74. The highest BCUT2D eigenvalue weighted by molar-refractivity contribution is 5.30.